The minimum Gasteiger partial charge on any atom is -0.394 e. The normalized spacial score (nSPS) is 28.7. The maximum absolute atomic E-state index is 12.6. The molecule has 0 spiro atoms. The average Bonchev–Trinajstić information content (AvgIpc) is 3.08. The number of likely N-dealkylation sites (tertiary alicyclic amines) is 1. The average molecular weight is 336 g/mol. The van der Waals surface area contributed by atoms with Gasteiger partial charge in [-0.1, -0.05) is 36.8 Å². The van der Waals surface area contributed by atoms with Crippen LogP contribution in [-0.4, -0.2) is 34.6 Å². The molecule has 130 valence electrons. The van der Waals surface area contributed by atoms with Crippen molar-refractivity contribution in [3.05, 3.63) is 41.5 Å². The molecule has 1 aromatic carbocycles. The van der Waals surface area contributed by atoms with Crippen LogP contribution in [0, 0.1) is 17.2 Å². The van der Waals surface area contributed by atoms with Crippen molar-refractivity contribution in [2.45, 2.75) is 56.5 Å². The number of hydrogen-bond acceptors (Lipinski definition) is 3. The zero-order valence-corrected chi connectivity index (χ0v) is 14.4. The van der Waals surface area contributed by atoms with E-state index < -0.39 is 6.04 Å². The highest BCUT2D eigenvalue weighted by molar-refractivity contribution is 5.82. The van der Waals surface area contributed by atoms with Crippen LogP contribution in [0.1, 0.15) is 55.6 Å². The number of carbonyl (C=O) groups is 1. The van der Waals surface area contributed by atoms with Crippen LogP contribution in [0.3, 0.4) is 0 Å². The molecule has 25 heavy (non-hydrogen) atoms. The second-order valence-corrected chi connectivity index (χ2v) is 7.47. The molecule has 0 radical (unpaired) electrons. The molecule has 1 N–H and O–H groups in total. The predicted molar refractivity (Wildman–Crippen MR) is 95.5 cm³/mol. The molecule has 4 nitrogen and oxygen atoms in total. The first kappa shape index (κ1) is 16.4. The van der Waals surface area contributed by atoms with Crippen molar-refractivity contribution in [3.63, 3.8) is 0 Å². The molecule has 0 aromatic heterocycles. The summed E-state index contributed by atoms with van der Waals surface area (Å²) in [4.78, 5) is 14.2. The van der Waals surface area contributed by atoms with E-state index in [0.717, 1.165) is 37.7 Å². The lowest BCUT2D eigenvalue weighted by molar-refractivity contribution is -0.154. The highest BCUT2D eigenvalue weighted by Gasteiger charge is 2.53. The standard InChI is InChI=1S/C21H24N2O2/c22-12-18-20(19(13-24)23(18)21(25)17-6-3-7-17)16-10-8-15(9-11-16)14-4-1-2-5-14/h4,8-11,17-20,24H,1-3,5-7,13H2/t18-,19+,20-/m1/s1. The van der Waals surface area contributed by atoms with Gasteiger partial charge in [0.2, 0.25) is 5.91 Å². The molecule has 0 unspecified atom stereocenters. The molecule has 1 heterocycles. The molecule has 0 bridgehead atoms. The summed E-state index contributed by atoms with van der Waals surface area (Å²) < 4.78 is 0. The number of benzene rings is 1. The number of carbonyl (C=O) groups excluding carboxylic acids is 1. The summed E-state index contributed by atoms with van der Waals surface area (Å²) in [6.45, 7) is -0.0891. The molecule has 1 aromatic rings. The molecule has 1 saturated heterocycles. The van der Waals surface area contributed by atoms with Gasteiger partial charge in [0.1, 0.15) is 6.04 Å². The minimum absolute atomic E-state index is 0.0563. The highest BCUT2D eigenvalue weighted by atomic mass is 16.3. The number of hydrogen-bond donors (Lipinski definition) is 1. The molecule has 4 heteroatoms. The minimum atomic E-state index is -0.457. The van der Waals surface area contributed by atoms with E-state index in [1.165, 1.54) is 17.6 Å². The maximum atomic E-state index is 12.6. The summed E-state index contributed by atoms with van der Waals surface area (Å²) in [6.07, 6.45) is 8.73. The van der Waals surface area contributed by atoms with Gasteiger partial charge in [0.05, 0.1) is 18.7 Å². The molecule has 3 atom stereocenters. The molecule has 1 saturated carbocycles. The number of aliphatic hydroxyl groups is 1. The lowest BCUT2D eigenvalue weighted by Crippen LogP contribution is -2.66. The lowest BCUT2D eigenvalue weighted by atomic mass is 9.73. The van der Waals surface area contributed by atoms with Crippen LogP contribution in [0.15, 0.2) is 30.3 Å². The Kier molecular flexibility index (Phi) is 4.35. The number of rotatable bonds is 4. The summed E-state index contributed by atoms with van der Waals surface area (Å²) in [5.74, 6) is 0.0222. The zero-order chi connectivity index (χ0) is 17.4. The smallest absolute Gasteiger partial charge is 0.227 e. The third kappa shape index (κ3) is 2.67. The second-order valence-electron chi connectivity index (χ2n) is 7.47. The number of amides is 1. The molecular weight excluding hydrogens is 312 g/mol. The van der Waals surface area contributed by atoms with Crippen molar-refractivity contribution in [3.8, 4) is 6.07 Å². The van der Waals surface area contributed by atoms with Crippen molar-refractivity contribution in [2.75, 3.05) is 6.61 Å². The third-order valence-corrected chi connectivity index (χ3v) is 6.15. The van der Waals surface area contributed by atoms with Gasteiger partial charge in [0, 0.05) is 11.8 Å². The van der Waals surface area contributed by atoms with Gasteiger partial charge >= 0.3 is 0 Å². The summed E-state index contributed by atoms with van der Waals surface area (Å²) in [5.41, 5.74) is 3.69. The molecular formula is C21H24N2O2. The first-order valence-electron chi connectivity index (χ1n) is 9.36. The molecule has 1 aliphatic heterocycles. The van der Waals surface area contributed by atoms with Crippen LogP contribution in [0.4, 0.5) is 0 Å². The van der Waals surface area contributed by atoms with Gasteiger partial charge in [-0.15, -0.1) is 0 Å². The van der Waals surface area contributed by atoms with E-state index >= 15 is 0 Å². The first-order valence-corrected chi connectivity index (χ1v) is 9.36. The SMILES string of the molecule is N#C[C@@H]1[C@@H](c2ccc(C3=CCCC3)cc2)[C@H](CO)N1C(=O)C1CCC1. The van der Waals surface area contributed by atoms with Crippen molar-refractivity contribution in [1.29, 1.82) is 5.26 Å². The first-order chi connectivity index (χ1) is 12.2. The molecule has 2 aliphatic carbocycles. The monoisotopic (exact) mass is 336 g/mol. The van der Waals surface area contributed by atoms with E-state index in [4.69, 9.17) is 0 Å². The Bertz CT molecular complexity index is 727. The molecule has 1 amide bonds. The Balaban J connectivity index is 1.54. The Morgan fingerprint density at radius 2 is 2.00 bits per heavy atom. The van der Waals surface area contributed by atoms with Gasteiger partial charge in [0.15, 0.2) is 0 Å². The summed E-state index contributed by atoms with van der Waals surface area (Å²) in [5, 5.41) is 19.5. The largest absolute Gasteiger partial charge is 0.394 e. The van der Waals surface area contributed by atoms with Gasteiger partial charge in [-0.05, 0) is 48.8 Å². The number of nitrogens with zero attached hydrogens (tertiary/aromatic N) is 2. The van der Waals surface area contributed by atoms with Gasteiger partial charge in [-0.25, -0.2) is 0 Å². The maximum Gasteiger partial charge on any atom is 0.227 e. The third-order valence-electron chi connectivity index (χ3n) is 6.15. The fourth-order valence-corrected chi connectivity index (χ4v) is 4.43. The summed E-state index contributed by atoms with van der Waals surface area (Å²) in [6, 6.07) is 9.94. The quantitative estimate of drug-likeness (QED) is 0.918. The number of allylic oxidation sites excluding steroid dienone is 2. The second kappa shape index (κ2) is 6.65. The van der Waals surface area contributed by atoms with E-state index in [9.17, 15) is 15.2 Å². The van der Waals surface area contributed by atoms with Crippen LogP contribution < -0.4 is 0 Å². The molecule has 2 fully saturated rings. The van der Waals surface area contributed by atoms with Crippen LogP contribution in [0.5, 0.6) is 0 Å². The fourth-order valence-electron chi connectivity index (χ4n) is 4.43. The van der Waals surface area contributed by atoms with E-state index in [2.05, 4.69) is 36.4 Å². The zero-order valence-electron chi connectivity index (χ0n) is 14.4. The molecule has 3 aliphatic rings. The summed E-state index contributed by atoms with van der Waals surface area (Å²) in [7, 11) is 0. The van der Waals surface area contributed by atoms with Gasteiger partial charge < -0.3 is 10.0 Å². The van der Waals surface area contributed by atoms with Gasteiger partial charge in [-0.3, -0.25) is 4.79 Å². The number of nitriles is 1. The fraction of sp³-hybridized carbons (Fsp3) is 0.524. The van der Waals surface area contributed by atoms with Crippen molar-refractivity contribution in [2.24, 2.45) is 5.92 Å². The topological polar surface area (TPSA) is 64.3 Å². The van der Waals surface area contributed by atoms with Crippen LogP contribution in [0.25, 0.3) is 5.57 Å². The Hall–Kier alpha value is -2.12. The van der Waals surface area contributed by atoms with Crippen LogP contribution in [0.2, 0.25) is 0 Å². The Morgan fingerprint density at radius 3 is 2.52 bits per heavy atom. The van der Waals surface area contributed by atoms with Crippen molar-refractivity contribution < 1.29 is 9.90 Å². The van der Waals surface area contributed by atoms with E-state index in [1.807, 2.05) is 0 Å². The van der Waals surface area contributed by atoms with Crippen molar-refractivity contribution in [1.82, 2.24) is 4.90 Å². The highest BCUT2D eigenvalue weighted by Crippen LogP contribution is 2.43. The molecule has 4 rings (SSSR count). The van der Waals surface area contributed by atoms with Crippen LogP contribution >= 0.6 is 0 Å². The van der Waals surface area contributed by atoms with Crippen LogP contribution in [-0.2, 0) is 4.79 Å². The van der Waals surface area contributed by atoms with E-state index in [-0.39, 0.29) is 30.4 Å². The van der Waals surface area contributed by atoms with E-state index in [0.29, 0.717) is 0 Å². The summed E-state index contributed by atoms with van der Waals surface area (Å²) >= 11 is 0. The Morgan fingerprint density at radius 1 is 1.24 bits per heavy atom. The lowest BCUT2D eigenvalue weighted by Gasteiger charge is -2.53. The van der Waals surface area contributed by atoms with Crippen molar-refractivity contribution >= 4 is 11.5 Å². The predicted octanol–water partition coefficient (Wildman–Crippen LogP) is 3.23. The number of aliphatic hydroxyl groups excluding tert-OH is 1. The van der Waals surface area contributed by atoms with E-state index in [1.54, 1.807) is 4.90 Å². The van der Waals surface area contributed by atoms with Gasteiger partial charge in [-0.2, -0.15) is 5.26 Å². The van der Waals surface area contributed by atoms with Gasteiger partial charge in [0.25, 0.3) is 0 Å². The Labute approximate surface area is 148 Å².